The lowest BCUT2D eigenvalue weighted by Gasteiger charge is -2.20. The molecule has 2 atom stereocenters. The van der Waals surface area contributed by atoms with Gasteiger partial charge >= 0.3 is 0 Å². The summed E-state index contributed by atoms with van der Waals surface area (Å²) in [5, 5.41) is 2.96. The van der Waals surface area contributed by atoms with Crippen LogP contribution in [-0.4, -0.2) is 19.1 Å². The van der Waals surface area contributed by atoms with Crippen molar-refractivity contribution in [3.8, 4) is 5.75 Å². The second kappa shape index (κ2) is 7.14. The van der Waals surface area contributed by atoms with Gasteiger partial charge in [-0.05, 0) is 18.9 Å². The lowest BCUT2D eigenvalue weighted by Crippen LogP contribution is -2.35. The van der Waals surface area contributed by atoms with Crippen LogP contribution >= 0.6 is 0 Å². The summed E-state index contributed by atoms with van der Waals surface area (Å²) in [5.41, 5.74) is 6.87. The summed E-state index contributed by atoms with van der Waals surface area (Å²) in [7, 11) is 1.63. The average Bonchev–Trinajstić information content (AvgIpc) is 2.38. The third-order valence-electron chi connectivity index (χ3n) is 3.26. The van der Waals surface area contributed by atoms with Gasteiger partial charge < -0.3 is 15.8 Å². The van der Waals surface area contributed by atoms with Crippen LogP contribution in [0.5, 0.6) is 5.75 Å². The summed E-state index contributed by atoms with van der Waals surface area (Å²) in [6.45, 7) is 5.97. The molecule has 19 heavy (non-hydrogen) atoms. The van der Waals surface area contributed by atoms with Crippen molar-refractivity contribution in [2.24, 2.45) is 11.7 Å². The highest BCUT2D eigenvalue weighted by Crippen LogP contribution is 2.24. The van der Waals surface area contributed by atoms with E-state index in [2.05, 4.69) is 5.32 Å². The van der Waals surface area contributed by atoms with E-state index in [1.54, 1.807) is 7.11 Å². The molecule has 0 aliphatic rings. The SMILES string of the molecule is COc1ccccc1[C@@H](C)NC(=O)CC(N)C(C)C. The first-order chi connectivity index (χ1) is 8.95. The molecule has 4 heteroatoms. The number of benzene rings is 1. The van der Waals surface area contributed by atoms with Crippen molar-refractivity contribution >= 4 is 5.91 Å². The van der Waals surface area contributed by atoms with E-state index in [-0.39, 0.29) is 18.0 Å². The van der Waals surface area contributed by atoms with E-state index >= 15 is 0 Å². The molecule has 0 heterocycles. The number of hydrogen-bond donors (Lipinski definition) is 2. The highest BCUT2D eigenvalue weighted by atomic mass is 16.5. The van der Waals surface area contributed by atoms with Gasteiger partial charge in [-0.1, -0.05) is 32.0 Å². The van der Waals surface area contributed by atoms with E-state index in [0.717, 1.165) is 11.3 Å². The molecule has 1 unspecified atom stereocenters. The number of hydrogen-bond acceptors (Lipinski definition) is 3. The zero-order valence-corrected chi connectivity index (χ0v) is 12.1. The molecule has 0 radical (unpaired) electrons. The first-order valence-corrected chi connectivity index (χ1v) is 6.63. The van der Waals surface area contributed by atoms with Crippen LogP contribution in [0.1, 0.15) is 38.8 Å². The Morgan fingerprint density at radius 1 is 1.32 bits per heavy atom. The molecule has 0 saturated carbocycles. The number of rotatable bonds is 6. The third-order valence-corrected chi connectivity index (χ3v) is 3.26. The van der Waals surface area contributed by atoms with Gasteiger partial charge in [0.05, 0.1) is 13.2 Å². The number of ether oxygens (including phenoxy) is 1. The third kappa shape index (κ3) is 4.56. The van der Waals surface area contributed by atoms with E-state index < -0.39 is 0 Å². The van der Waals surface area contributed by atoms with Gasteiger partial charge in [-0.2, -0.15) is 0 Å². The fourth-order valence-electron chi connectivity index (χ4n) is 1.85. The van der Waals surface area contributed by atoms with Crippen LogP contribution in [0, 0.1) is 5.92 Å². The summed E-state index contributed by atoms with van der Waals surface area (Å²) < 4.78 is 5.29. The molecule has 0 aliphatic carbocycles. The van der Waals surface area contributed by atoms with Crippen LogP contribution in [0.2, 0.25) is 0 Å². The van der Waals surface area contributed by atoms with Crippen LogP contribution in [0.15, 0.2) is 24.3 Å². The highest BCUT2D eigenvalue weighted by Gasteiger charge is 2.17. The maximum Gasteiger partial charge on any atom is 0.222 e. The Morgan fingerprint density at radius 3 is 2.53 bits per heavy atom. The van der Waals surface area contributed by atoms with E-state index in [4.69, 9.17) is 10.5 Å². The molecule has 1 aromatic rings. The summed E-state index contributed by atoms with van der Waals surface area (Å²) >= 11 is 0. The topological polar surface area (TPSA) is 64.3 Å². The number of amides is 1. The lowest BCUT2D eigenvalue weighted by molar-refractivity contribution is -0.122. The van der Waals surface area contributed by atoms with Gasteiger partial charge in [-0.15, -0.1) is 0 Å². The second-order valence-electron chi connectivity index (χ2n) is 5.14. The summed E-state index contributed by atoms with van der Waals surface area (Å²) in [5.74, 6) is 1.05. The lowest BCUT2D eigenvalue weighted by atomic mass is 10.0. The van der Waals surface area contributed by atoms with Crippen molar-refractivity contribution in [1.29, 1.82) is 0 Å². The molecule has 3 N–H and O–H groups in total. The molecule has 0 aromatic heterocycles. The Kier molecular flexibility index (Phi) is 5.83. The fraction of sp³-hybridized carbons (Fsp3) is 0.533. The van der Waals surface area contributed by atoms with E-state index in [0.29, 0.717) is 12.3 Å². The molecular formula is C15H24N2O2. The molecule has 106 valence electrons. The van der Waals surface area contributed by atoms with Crippen LogP contribution in [0.3, 0.4) is 0 Å². The summed E-state index contributed by atoms with van der Waals surface area (Å²) in [6.07, 6.45) is 0.344. The number of carbonyl (C=O) groups is 1. The Morgan fingerprint density at radius 2 is 1.95 bits per heavy atom. The first kappa shape index (κ1) is 15.5. The van der Waals surface area contributed by atoms with Gasteiger partial charge in [0.2, 0.25) is 5.91 Å². The average molecular weight is 264 g/mol. The molecule has 1 aromatic carbocycles. The van der Waals surface area contributed by atoms with Crippen LogP contribution < -0.4 is 15.8 Å². The monoisotopic (exact) mass is 264 g/mol. The zero-order valence-electron chi connectivity index (χ0n) is 12.1. The predicted molar refractivity (Wildman–Crippen MR) is 77.0 cm³/mol. The van der Waals surface area contributed by atoms with Crippen LogP contribution in [0.4, 0.5) is 0 Å². The van der Waals surface area contributed by atoms with Gasteiger partial charge in [0, 0.05) is 18.0 Å². The number of para-hydroxylation sites is 1. The van der Waals surface area contributed by atoms with Crippen molar-refractivity contribution in [2.45, 2.75) is 39.3 Å². The minimum absolute atomic E-state index is 0.0281. The standard InChI is InChI=1S/C15H24N2O2/c1-10(2)13(16)9-15(18)17-11(3)12-7-5-6-8-14(12)19-4/h5-8,10-11,13H,9,16H2,1-4H3,(H,17,18)/t11-,13?/m1/s1. The van der Waals surface area contributed by atoms with Gasteiger partial charge in [0.15, 0.2) is 0 Å². The van der Waals surface area contributed by atoms with Crippen molar-refractivity contribution < 1.29 is 9.53 Å². The highest BCUT2D eigenvalue weighted by molar-refractivity contribution is 5.77. The molecule has 0 saturated heterocycles. The molecule has 1 rings (SSSR count). The fourth-order valence-corrected chi connectivity index (χ4v) is 1.85. The van der Waals surface area contributed by atoms with Gasteiger partial charge in [0.1, 0.15) is 5.75 Å². The predicted octanol–water partition coefficient (Wildman–Crippen LogP) is 2.25. The van der Waals surface area contributed by atoms with Crippen molar-refractivity contribution in [3.05, 3.63) is 29.8 Å². The number of nitrogens with one attached hydrogen (secondary N) is 1. The Balaban J connectivity index is 2.64. The number of methoxy groups -OCH3 is 1. The Hall–Kier alpha value is -1.55. The summed E-state index contributed by atoms with van der Waals surface area (Å²) in [4.78, 5) is 11.9. The molecule has 0 fully saturated rings. The molecule has 0 bridgehead atoms. The first-order valence-electron chi connectivity index (χ1n) is 6.63. The minimum Gasteiger partial charge on any atom is -0.496 e. The summed E-state index contributed by atoms with van der Waals surface area (Å²) in [6, 6.07) is 7.48. The molecular weight excluding hydrogens is 240 g/mol. The largest absolute Gasteiger partial charge is 0.496 e. The molecule has 4 nitrogen and oxygen atoms in total. The van der Waals surface area contributed by atoms with E-state index in [1.807, 2.05) is 45.0 Å². The molecule has 1 amide bonds. The molecule has 0 spiro atoms. The van der Waals surface area contributed by atoms with Crippen molar-refractivity contribution in [3.63, 3.8) is 0 Å². The van der Waals surface area contributed by atoms with E-state index in [9.17, 15) is 4.79 Å². The van der Waals surface area contributed by atoms with Gasteiger partial charge in [-0.3, -0.25) is 4.79 Å². The van der Waals surface area contributed by atoms with E-state index in [1.165, 1.54) is 0 Å². The normalized spacial score (nSPS) is 14.0. The Bertz CT molecular complexity index is 418. The van der Waals surface area contributed by atoms with Crippen LogP contribution in [-0.2, 0) is 4.79 Å². The van der Waals surface area contributed by atoms with Gasteiger partial charge in [-0.25, -0.2) is 0 Å². The van der Waals surface area contributed by atoms with Gasteiger partial charge in [0.25, 0.3) is 0 Å². The van der Waals surface area contributed by atoms with Crippen LogP contribution in [0.25, 0.3) is 0 Å². The zero-order chi connectivity index (χ0) is 14.4. The maximum absolute atomic E-state index is 11.9. The maximum atomic E-state index is 11.9. The van der Waals surface area contributed by atoms with Crippen molar-refractivity contribution in [2.75, 3.05) is 7.11 Å². The Labute approximate surface area is 115 Å². The van der Waals surface area contributed by atoms with Crippen molar-refractivity contribution in [1.82, 2.24) is 5.32 Å². The number of nitrogens with two attached hydrogens (primary N) is 1. The quantitative estimate of drug-likeness (QED) is 0.828. The second-order valence-corrected chi connectivity index (χ2v) is 5.14. The number of carbonyl (C=O) groups excluding carboxylic acids is 1. The smallest absolute Gasteiger partial charge is 0.222 e. The minimum atomic E-state index is -0.107. The molecule has 0 aliphatic heterocycles.